The van der Waals surface area contributed by atoms with Gasteiger partial charge in [-0.15, -0.1) is 0 Å². The van der Waals surface area contributed by atoms with E-state index in [1.807, 2.05) is 0 Å². The van der Waals surface area contributed by atoms with Gasteiger partial charge in [0.15, 0.2) is 0 Å². The Hall–Kier alpha value is -0.650. The Labute approximate surface area is 110 Å². The number of methoxy groups -OCH3 is 1. The highest BCUT2D eigenvalue weighted by Crippen LogP contribution is 2.15. The quantitative estimate of drug-likeness (QED) is 0.611. The van der Waals surface area contributed by atoms with Crippen molar-refractivity contribution < 1.29 is 9.53 Å². The molecule has 5 heteroatoms. The van der Waals surface area contributed by atoms with Crippen LogP contribution in [0.3, 0.4) is 0 Å². The van der Waals surface area contributed by atoms with Crippen LogP contribution in [-0.4, -0.2) is 63.3 Å². The van der Waals surface area contributed by atoms with E-state index in [1.54, 1.807) is 7.11 Å². The summed E-state index contributed by atoms with van der Waals surface area (Å²) in [5.74, 6) is 0.0766. The molecule has 5 nitrogen and oxygen atoms in total. The Balaban J connectivity index is 2.12. The van der Waals surface area contributed by atoms with Crippen molar-refractivity contribution in [2.24, 2.45) is 0 Å². The van der Waals surface area contributed by atoms with Crippen LogP contribution in [0.1, 0.15) is 26.2 Å². The van der Waals surface area contributed by atoms with Gasteiger partial charge in [0.25, 0.3) is 0 Å². The third-order valence-electron chi connectivity index (χ3n) is 3.46. The lowest BCUT2D eigenvalue weighted by atomic mass is 10.0. The minimum atomic E-state index is 0.0766. The molecule has 1 rings (SSSR count). The van der Waals surface area contributed by atoms with E-state index in [2.05, 4.69) is 22.5 Å². The average Bonchev–Trinajstić information content (AvgIpc) is 2.41. The molecule has 1 unspecified atom stereocenters. The fraction of sp³-hybridized carbons (Fsp3) is 0.923. The summed E-state index contributed by atoms with van der Waals surface area (Å²) >= 11 is 0. The minimum Gasteiger partial charge on any atom is -0.383 e. The van der Waals surface area contributed by atoms with Gasteiger partial charge in [0.05, 0.1) is 13.2 Å². The van der Waals surface area contributed by atoms with Crippen LogP contribution in [0.25, 0.3) is 0 Å². The summed E-state index contributed by atoms with van der Waals surface area (Å²) < 4.78 is 4.91. The maximum atomic E-state index is 11.6. The molecule has 1 aliphatic rings. The molecule has 0 spiro atoms. The van der Waals surface area contributed by atoms with Crippen molar-refractivity contribution in [3.05, 3.63) is 0 Å². The summed E-state index contributed by atoms with van der Waals surface area (Å²) in [4.78, 5) is 14.1. The number of ether oxygens (including phenoxy) is 1. The first-order valence-corrected chi connectivity index (χ1v) is 6.98. The number of rotatable bonds is 8. The van der Waals surface area contributed by atoms with Gasteiger partial charge in [0, 0.05) is 26.2 Å². The van der Waals surface area contributed by atoms with E-state index in [0.29, 0.717) is 25.7 Å². The van der Waals surface area contributed by atoms with Crippen molar-refractivity contribution in [1.29, 1.82) is 0 Å². The van der Waals surface area contributed by atoms with Crippen LogP contribution in [0.5, 0.6) is 0 Å². The lowest BCUT2D eigenvalue weighted by Gasteiger charge is -2.34. The molecule has 0 aliphatic carbocycles. The summed E-state index contributed by atoms with van der Waals surface area (Å²) in [6, 6.07) is 0.520. The molecular weight excluding hydrogens is 230 g/mol. The number of nitrogens with one attached hydrogen (secondary N) is 2. The van der Waals surface area contributed by atoms with E-state index in [-0.39, 0.29) is 5.91 Å². The first-order valence-electron chi connectivity index (χ1n) is 6.98. The van der Waals surface area contributed by atoms with Crippen molar-refractivity contribution in [1.82, 2.24) is 15.5 Å². The monoisotopic (exact) mass is 257 g/mol. The molecular formula is C13H27N3O2. The Kier molecular flexibility index (Phi) is 7.96. The highest BCUT2D eigenvalue weighted by atomic mass is 16.5. The summed E-state index contributed by atoms with van der Waals surface area (Å²) in [5.41, 5.74) is 0. The molecule has 2 N–H and O–H groups in total. The smallest absolute Gasteiger partial charge is 0.234 e. The van der Waals surface area contributed by atoms with Gasteiger partial charge in [-0.2, -0.15) is 0 Å². The Morgan fingerprint density at radius 2 is 2.28 bits per heavy atom. The molecule has 0 aromatic carbocycles. The number of carbonyl (C=O) groups excluding carboxylic acids is 1. The SMILES string of the molecule is CCN1CCCCC1CNC(=O)CNCCOC. The second-order valence-corrected chi connectivity index (χ2v) is 4.75. The highest BCUT2D eigenvalue weighted by Gasteiger charge is 2.20. The van der Waals surface area contributed by atoms with E-state index >= 15 is 0 Å². The molecule has 0 bridgehead atoms. The lowest BCUT2D eigenvalue weighted by molar-refractivity contribution is -0.120. The lowest BCUT2D eigenvalue weighted by Crippen LogP contribution is -2.47. The topological polar surface area (TPSA) is 53.6 Å². The van der Waals surface area contributed by atoms with Crippen LogP contribution in [-0.2, 0) is 9.53 Å². The maximum absolute atomic E-state index is 11.6. The highest BCUT2D eigenvalue weighted by molar-refractivity contribution is 5.77. The molecule has 1 heterocycles. The fourth-order valence-corrected chi connectivity index (χ4v) is 2.38. The van der Waals surface area contributed by atoms with Crippen molar-refractivity contribution in [2.45, 2.75) is 32.2 Å². The minimum absolute atomic E-state index is 0.0766. The number of likely N-dealkylation sites (tertiary alicyclic amines) is 1. The number of hydrogen-bond donors (Lipinski definition) is 2. The Morgan fingerprint density at radius 1 is 1.44 bits per heavy atom. The number of likely N-dealkylation sites (N-methyl/N-ethyl adjacent to an activating group) is 1. The van der Waals surface area contributed by atoms with Gasteiger partial charge in [-0.05, 0) is 25.9 Å². The van der Waals surface area contributed by atoms with E-state index in [9.17, 15) is 4.79 Å². The fourth-order valence-electron chi connectivity index (χ4n) is 2.38. The van der Waals surface area contributed by atoms with Crippen LogP contribution < -0.4 is 10.6 Å². The number of nitrogens with zero attached hydrogens (tertiary/aromatic N) is 1. The van der Waals surface area contributed by atoms with Crippen molar-refractivity contribution in [3.63, 3.8) is 0 Å². The molecule has 0 saturated carbocycles. The summed E-state index contributed by atoms with van der Waals surface area (Å²) in [6.07, 6.45) is 3.77. The Bertz CT molecular complexity index is 236. The molecule has 1 atom stereocenters. The predicted molar refractivity (Wildman–Crippen MR) is 72.6 cm³/mol. The van der Waals surface area contributed by atoms with E-state index in [1.165, 1.54) is 25.8 Å². The Morgan fingerprint density at radius 3 is 3.00 bits per heavy atom. The molecule has 0 radical (unpaired) electrons. The summed E-state index contributed by atoms with van der Waals surface area (Å²) in [6.45, 7) is 6.94. The van der Waals surface area contributed by atoms with Crippen molar-refractivity contribution in [3.8, 4) is 0 Å². The number of amides is 1. The first kappa shape index (κ1) is 15.4. The second kappa shape index (κ2) is 9.30. The third kappa shape index (κ3) is 5.80. The van der Waals surface area contributed by atoms with Crippen LogP contribution in [0.15, 0.2) is 0 Å². The van der Waals surface area contributed by atoms with Gasteiger partial charge >= 0.3 is 0 Å². The second-order valence-electron chi connectivity index (χ2n) is 4.75. The largest absolute Gasteiger partial charge is 0.383 e. The number of piperidine rings is 1. The standard InChI is InChI=1S/C13H27N3O2/c1-3-16-8-5-4-6-12(16)10-15-13(17)11-14-7-9-18-2/h12,14H,3-11H2,1-2H3,(H,15,17). The summed E-state index contributed by atoms with van der Waals surface area (Å²) in [5, 5.41) is 6.06. The molecule has 0 aromatic rings. The van der Waals surface area contributed by atoms with Gasteiger partial charge in [0.2, 0.25) is 5.91 Å². The van der Waals surface area contributed by atoms with Gasteiger partial charge in [0.1, 0.15) is 0 Å². The van der Waals surface area contributed by atoms with Gasteiger partial charge in [-0.3, -0.25) is 9.69 Å². The van der Waals surface area contributed by atoms with Crippen LogP contribution in [0.4, 0.5) is 0 Å². The molecule has 106 valence electrons. The van der Waals surface area contributed by atoms with Crippen LogP contribution >= 0.6 is 0 Å². The zero-order valence-electron chi connectivity index (χ0n) is 11.7. The van der Waals surface area contributed by atoms with Gasteiger partial charge in [-0.25, -0.2) is 0 Å². The normalized spacial score (nSPS) is 20.9. The molecule has 18 heavy (non-hydrogen) atoms. The zero-order chi connectivity index (χ0) is 13.2. The van der Waals surface area contributed by atoms with Crippen LogP contribution in [0, 0.1) is 0 Å². The average molecular weight is 257 g/mol. The zero-order valence-corrected chi connectivity index (χ0v) is 11.7. The molecule has 1 amide bonds. The van der Waals surface area contributed by atoms with Crippen LogP contribution in [0.2, 0.25) is 0 Å². The number of carbonyl (C=O) groups is 1. The first-order chi connectivity index (χ1) is 8.77. The summed E-state index contributed by atoms with van der Waals surface area (Å²) in [7, 11) is 1.66. The molecule has 1 saturated heterocycles. The van der Waals surface area contributed by atoms with E-state index in [4.69, 9.17) is 4.74 Å². The van der Waals surface area contributed by atoms with Gasteiger partial charge < -0.3 is 15.4 Å². The van der Waals surface area contributed by atoms with E-state index < -0.39 is 0 Å². The number of hydrogen-bond acceptors (Lipinski definition) is 4. The van der Waals surface area contributed by atoms with Crippen molar-refractivity contribution in [2.75, 3.05) is 46.4 Å². The van der Waals surface area contributed by atoms with Crippen molar-refractivity contribution >= 4 is 5.91 Å². The third-order valence-corrected chi connectivity index (χ3v) is 3.46. The predicted octanol–water partition coefficient (Wildman–Crippen LogP) is 0.213. The van der Waals surface area contributed by atoms with E-state index in [0.717, 1.165) is 13.1 Å². The molecule has 1 aliphatic heterocycles. The molecule has 0 aromatic heterocycles. The maximum Gasteiger partial charge on any atom is 0.234 e. The molecule has 1 fully saturated rings. The van der Waals surface area contributed by atoms with Gasteiger partial charge in [-0.1, -0.05) is 13.3 Å².